The highest BCUT2D eigenvalue weighted by atomic mass is 16.5. The van der Waals surface area contributed by atoms with Crippen LogP contribution in [0.4, 0.5) is 22.0 Å². The summed E-state index contributed by atoms with van der Waals surface area (Å²) in [6.45, 7) is 2.31. The summed E-state index contributed by atoms with van der Waals surface area (Å²) in [7, 11) is 6.39. The van der Waals surface area contributed by atoms with Crippen LogP contribution in [-0.4, -0.2) is 75.5 Å². The van der Waals surface area contributed by atoms with Crippen molar-refractivity contribution in [3.05, 3.63) is 66.7 Å². The number of carbonyl (C=O) groups is 1. The number of aromatic nitrogens is 2. The minimum atomic E-state index is -0.209. The highest BCUT2D eigenvalue weighted by Crippen LogP contribution is 2.35. The highest BCUT2D eigenvalue weighted by Gasteiger charge is 2.31. The topological polar surface area (TPSA) is 89.5 Å². The molecule has 10 heteroatoms. The van der Waals surface area contributed by atoms with E-state index in [1.165, 1.54) is 7.11 Å². The first-order valence-corrected chi connectivity index (χ1v) is 12.6. The quantitative estimate of drug-likeness (QED) is 0.339. The average Bonchev–Trinajstić information content (AvgIpc) is 3.00. The molecule has 39 heavy (non-hydrogen) atoms. The van der Waals surface area contributed by atoms with E-state index >= 15 is 0 Å². The van der Waals surface area contributed by atoms with Crippen LogP contribution in [0.25, 0.3) is 11.0 Å². The van der Waals surface area contributed by atoms with E-state index in [0.29, 0.717) is 54.5 Å². The summed E-state index contributed by atoms with van der Waals surface area (Å²) in [6.07, 6.45) is 0. The first-order valence-electron chi connectivity index (χ1n) is 12.6. The first kappa shape index (κ1) is 25.9. The number of hydrogen-bond acceptors (Lipinski definition) is 8. The lowest BCUT2D eigenvalue weighted by Crippen LogP contribution is -2.52. The largest absolute Gasteiger partial charge is 0.497 e. The molecule has 1 saturated heterocycles. The number of benzene rings is 3. The molecule has 202 valence electrons. The van der Waals surface area contributed by atoms with Gasteiger partial charge in [-0.25, -0.2) is 19.7 Å². The number of hydrogen-bond donors (Lipinski definition) is 0. The Morgan fingerprint density at radius 2 is 1.38 bits per heavy atom. The number of urea groups is 1. The maximum absolute atomic E-state index is 14.1. The van der Waals surface area contributed by atoms with E-state index in [0.717, 1.165) is 17.2 Å². The third-order valence-electron chi connectivity index (χ3n) is 6.68. The number of piperazine rings is 1. The summed E-state index contributed by atoms with van der Waals surface area (Å²) in [5.74, 6) is 2.66. The maximum Gasteiger partial charge on any atom is 0.330 e. The van der Waals surface area contributed by atoms with E-state index in [9.17, 15) is 4.79 Å². The second-order valence-electron chi connectivity index (χ2n) is 8.91. The molecule has 1 fully saturated rings. The molecule has 0 atom stereocenters. The maximum atomic E-state index is 14.1. The van der Waals surface area contributed by atoms with Gasteiger partial charge in [0.15, 0.2) is 0 Å². The van der Waals surface area contributed by atoms with Crippen molar-refractivity contribution in [2.24, 2.45) is 0 Å². The molecule has 0 bridgehead atoms. The van der Waals surface area contributed by atoms with Crippen LogP contribution in [0, 0.1) is 0 Å². The summed E-state index contributed by atoms with van der Waals surface area (Å²) in [4.78, 5) is 29.2. The number of ether oxygens (including phenoxy) is 4. The van der Waals surface area contributed by atoms with Gasteiger partial charge in [0, 0.05) is 56.1 Å². The van der Waals surface area contributed by atoms with Crippen molar-refractivity contribution in [2.75, 3.05) is 64.4 Å². The van der Waals surface area contributed by atoms with Crippen molar-refractivity contribution in [3.8, 4) is 23.1 Å². The zero-order chi connectivity index (χ0) is 27.4. The van der Waals surface area contributed by atoms with E-state index in [2.05, 4.69) is 9.88 Å². The van der Waals surface area contributed by atoms with Crippen molar-refractivity contribution in [3.63, 3.8) is 0 Å². The summed E-state index contributed by atoms with van der Waals surface area (Å²) in [6, 6.07) is 20.4. The monoisotopic (exact) mass is 529 g/mol. The van der Waals surface area contributed by atoms with Gasteiger partial charge in [-0.15, -0.1) is 0 Å². The molecular weight excluding hydrogens is 498 g/mol. The lowest BCUT2D eigenvalue weighted by atomic mass is 10.2. The van der Waals surface area contributed by atoms with Crippen LogP contribution in [0.1, 0.15) is 0 Å². The van der Waals surface area contributed by atoms with Crippen LogP contribution in [0.3, 0.4) is 0 Å². The van der Waals surface area contributed by atoms with Gasteiger partial charge in [-0.3, -0.25) is 0 Å². The number of carbonyl (C=O) groups excluding carboxylic acids is 1. The minimum Gasteiger partial charge on any atom is -0.497 e. The number of anilines is 3. The average molecular weight is 530 g/mol. The summed E-state index contributed by atoms with van der Waals surface area (Å²) < 4.78 is 21.9. The van der Waals surface area contributed by atoms with Crippen molar-refractivity contribution >= 4 is 34.3 Å². The molecule has 1 aliphatic heterocycles. The third-order valence-corrected chi connectivity index (χ3v) is 6.68. The molecule has 2 amide bonds. The normalized spacial score (nSPS) is 13.2. The lowest BCUT2D eigenvalue weighted by Gasteiger charge is -2.38. The molecule has 5 rings (SSSR count). The van der Waals surface area contributed by atoms with E-state index in [4.69, 9.17) is 23.9 Å². The molecule has 10 nitrogen and oxygen atoms in total. The Balaban J connectivity index is 1.46. The molecule has 0 saturated carbocycles. The van der Waals surface area contributed by atoms with Gasteiger partial charge in [0.05, 0.1) is 45.2 Å². The van der Waals surface area contributed by atoms with Crippen molar-refractivity contribution in [2.45, 2.75) is 0 Å². The molecule has 0 N–H and O–H groups in total. The van der Waals surface area contributed by atoms with Crippen LogP contribution in [-0.2, 0) is 0 Å². The number of rotatable bonds is 7. The Morgan fingerprint density at radius 1 is 0.718 bits per heavy atom. The number of methoxy groups -OCH3 is 4. The second-order valence-corrected chi connectivity index (χ2v) is 8.91. The van der Waals surface area contributed by atoms with Gasteiger partial charge in [-0.1, -0.05) is 18.2 Å². The molecule has 0 spiro atoms. The Bertz CT molecular complexity index is 1440. The van der Waals surface area contributed by atoms with Crippen molar-refractivity contribution < 1.29 is 23.7 Å². The van der Waals surface area contributed by atoms with E-state index in [1.54, 1.807) is 32.3 Å². The van der Waals surface area contributed by atoms with Gasteiger partial charge in [0.25, 0.3) is 5.88 Å². The third kappa shape index (κ3) is 5.31. The molecule has 0 unspecified atom stereocenters. The lowest BCUT2D eigenvalue weighted by molar-refractivity contribution is 0.203. The summed E-state index contributed by atoms with van der Waals surface area (Å²) in [5.41, 5.74) is 2.88. The predicted octanol–water partition coefficient (Wildman–Crippen LogP) is 4.74. The number of para-hydroxylation sites is 1. The molecular formula is C29H31N5O5. The van der Waals surface area contributed by atoms with Gasteiger partial charge in [-0.05, 0) is 24.3 Å². The molecule has 0 radical (unpaired) electrons. The van der Waals surface area contributed by atoms with Gasteiger partial charge in [-0.2, -0.15) is 0 Å². The zero-order valence-corrected chi connectivity index (χ0v) is 22.5. The van der Waals surface area contributed by atoms with E-state index < -0.39 is 0 Å². The fourth-order valence-corrected chi connectivity index (χ4v) is 4.59. The van der Waals surface area contributed by atoms with Gasteiger partial charge < -0.3 is 28.7 Å². The Morgan fingerprint density at radius 3 is 2.00 bits per heavy atom. The van der Waals surface area contributed by atoms with Crippen LogP contribution < -0.4 is 28.7 Å². The Kier molecular flexibility index (Phi) is 7.53. The molecule has 4 aromatic rings. The van der Waals surface area contributed by atoms with E-state index in [1.807, 2.05) is 65.6 Å². The summed E-state index contributed by atoms with van der Waals surface area (Å²) >= 11 is 0. The SMILES string of the molecule is COc1cc(OC)cc(N2CCN(C(=O)N(c3ccccc3)c3nc4cc(OC)ccc4nc3OC)CC2)c1. The number of nitrogens with zero attached hydrogens (tertiary/aromatic N) is 5. The van der Waals surface area contributed by atoms with Crippen LogP contribution >= 0.6 is 0 Å². The molecule has 2 heterocycles. The summed E-state index contributed by atoms with van der Waals surface area (Å²) in [5, 5.41) is 0. The van der Waals surface area contributed by atoms with Crippen LogP contribution in [0.5, 0.6) is 23.1 Å². The van der Waals surface area contributed by atoms with Crippen LogP contribution in [0.15, 0.2) is 66.7 Å². The zero-order valence-electron chi connectivity index (χ0n) is 22.5. The Hall–Kier alpha value is -4.73. The van der Waals surface area contributed by atoms with E-state index in [-0.39, 0.29) is 11.9 Å². The minimum absolute atomic E-state index is 0.209. The molecule has 3 aromatic carbocycles. The standard InChI is InChI=1S/C29H31N5O5/c1-36-22-10-11-25-26(19-22)30-27(28(31-25)39-4)34(20-8-6-5-7-9-20)29(35)33-14-12-32(13-15-33)21-16-23(37-2)18-24(17-21)38-3/h5-11,16-19H,12-15H2,1-4H3. The van der Waals surface area contributed by atoms with Gasteiger partial charge >= 0.3 is 6.03 Å². The number of amides is 2. The smallest absolute Gasteiger partial charge is 0.330 e. The van der Waals surface area contributed by atoms with Crippen molar-refractivity contribution in [1.82, 2.24) is 14.9 Å². The number of fused-ring (bicyclic) bond motifs is 1. The fourth-order valence-electron chi connectivity index (χ4n) is 4.59. The van der Waals surface area contributed by atoms with Crippen LogP contribution in [0.2, 0.25) is 0 Å². The molecule has 1 aliphatic rings. The highest BCUT2D eigenvalue weighted by molar-refractivity contribution is 6.00. The molecule has 1 aromatic heterocycles. The molecule has 0 aliphatic carbocycles. The van der Waals surface area contributed by atoms with Crippen molar-refractivity contribution in [1.29, 1.82) is 0 Å². The predicted molar refractivity (Wildman–Crippen MR) is 150 cm³/mol. The Labute approximate surface area is 227 Å². The fraction of sp³-hybridized carbons (Fsp3) is 0.276. The second kappa shape index (κ2) is 11.3. The van der Waals surface area contributed by atoms with Gasteiger partial charge in [0.2, 0.25) is 5.82 Å². The first-order chi connectivity index (χ1) is 19.0. The van der Waals surface area contributed by atoms with Gasteiger partial charge in [0.1, 0.15) is 17.2 Å².